The lowest BCUT2D eigenvalue weighted by molar-refractivity contribution is 0.590. The highest BCUT2D eigenvalue weighted by atomic mass is 32.1. The fourth-order valence-electron chi connectivity index (χ4n) is 4.62. The van der Waals surface area contributed by atoms with Crippen LogP contribution in [0.5, 0.6) is 0 Å². The largest absolute Gasteiger partial charge is 0.255 e. The molecule has 10 heteroatoms. The van der Waals surface area contributed by atoms with Crippen molar-refractivity contribution in [1.29, 1.82) is 0 Å². The number of rotatable bonds is 6. The Kier molecular flexibility index (Phi) is 7.29. The van der Waals surface area contributed by atoms with E-state index < -0.39 is 0 Å². The van der Waals surface area contributed by atoms with Crippen LogP contribution in [0.3, 0.4) is 0 Å². The van der Waals surface area contributed by atoms with Gasteiger partial charge in [-0.25, -0.2) is 9.97 Å². The molecule has 0 aliphatic heterocycles. The standard InChI is InChI=1S/C34H26N8S2/c1-34(2,3)23-19-21(30-39-41-32(43-30)28-14-8-12-26(37-28)24-10-4-6-16-35-24)18-22(20-23)31-40-42-33(44-31)29-15-9-13-27(38-29)25-11-5-7-17-36-25/h4-20H,1-3H3. The fourth-order valence-corrected chi connectivity index (χ4v) is 6.22. The van der Waals surface area contributed by atoms with Gasteiger partial charge >= 0.3 is 0 Å². The lowest BCUT2D eigenvalue weighted by Crippen LogP contribution is -2.11. The molecule has 0 N–H and O–H groups in total. The van der Waals surface area contributed by atoms with Gasteiger partial charge in [-0.3, -0.25) is 9.97 Å². The number of hydrogen-bond donors (Lipinski definition) is 0. The van der Waals surface area contributed by atoms with Gasteiger partial charge in [0.1, 0.15) is 21.4 Å². The topological polar surface area (TPSA) is 103 Å². The Hall–Kier alpha value is -5.06. The van der Waals surface area contributed by atoms with Crippen LogP contribution in [-0.4, -0.2) is 40.3 Å². The minimum absolute atomic E-state index is 0.0943. The summed E-state index contributed by atoms with van der Waals surface area (Å²) >= 11 is 3.03. The maximum absolute atomic E-state index is 4.82. The second kappa shape index (κ2) is 11.6. The Morgan fingerprint density at radius 1 is 0.455 bits per heavy atom. The zero-order valence-corrected chi connectivity index (χ0v) is 25.8. The lowest BCUT2D eigenvalue weighted by atomic mass is 9.85. The van der Waals surface area contributed by atoms with Crippen LogP contribution >= 0.6 is 22.7 Å². The summed E-state index contributed by atoms with van der Waals surface area (Å²) in [5, 5.41) is 21.3. The summed E-state index contributed by atoms with van der Waals surface area (Å²) in [4.78, 5) is 18.5. The average Bonchev–Trinajstić information content (AvgIpc) is 3.77. The Bertz CT molecular complexity index is 1930. The Balaban J connectivity index is 1.23. The lowest BCUT2D eigenvalue weighted by Gasteiger charge is -2.20. The monoisotopic (exact) mass is 610 g/mol. The summed E-state index contributed by atoms with van der Waals surface area (Å²) in [6.45, 7) is 6.60. The first kappa shape index (κ1) is 27.8. The molecule has 0 saturated carbocycles. The second-order valence-electron chi connectivity index (χ2n) is 11.1. The van der Waals surface area contributed by atoms with E-state index in [0.29, 0.717) is 0 Å². The Labute approximate surface area is 262 Å². The number of hydrogen-bond acceptors (Lipinski definition) is 10. The molecule has 0 aliphatic rings. The smallest absolute Gasteiger partial charge is 0.166 e. The summed E-state index contributed by atoms with van der Waals surface area (Å²) in [6, 6.07) is 29.8. The van der Waals surface area contributed by atoms with Crippen molar-refractivity contribution in [2.75, 3.05) is 0 Å². The molecule has 0 aliphatic carbocycles. The molecule has 0 amide bonds. The zero-order valence-electron chi connectivity index (χ0n) is 24.2. The second-order valence-corrected chi connectivity index (χ2v) is 13.1. The highest BCUT2D eigenvalue weighted by molar-refractivity contribution is 7.18. The average molecular weight is 611 g/mol. The van der Waals surface area contributed by atoms with Crippen LogP contribution in [-0.2, 0) is 5.41 Å². The van der Waals surface area contributed by atoms with Crippen molar-refractivity contribution < 1.29 is 0 Å². The van der Waals surface area contributed by atoms with E-state index in [1.807, 2.05) is 72.8 Å². The van der Waals surface area contributed by atoms with Crippen molar-refractivity contribution in [2.45, 2.75) is 26.2 Å². The molecular weight excluding hydrogens is 585 g/mol. The third-order valence-corrected chi connectivity index (χ3v) is 8.92. The van der Waals surface area contributed by atoms with Crippen LogP contribution in [0.1, 0.15) is 26.3 Å². The molecule has 214 valence electrons. The van der Waals surface area contributed by atoms with E-state index in [1.54, 1.807) is 12.4 Å². The molecule has 7 aromatic rings. The van der Waals surface area contributed by atoms with Gasteiger partial charge in [0.05, 0.1) is 22.8 Å². The molecule has 0 fully saturated rings. The number of aromatic nitrogens is 8. The summed E-state index contributed by atoms with van der Waals surface area (Å²) in [7, 11) is 0. The minimum atomic E-state index is -0.0943. The van der Waals surface area contributed by atoms with Gasteiger partial charge < -0.3 is 0 Å². The highest BCUT2D eigenvalue weighted by Gasteiger charge is 2.20. The quantitative estimate of drug-likeness (QED) is 0.185. The van der Waals surface area contributed by atoms with E-state index in [-0.39, 0.29) is 5.41 Å². The van der Waals surface area contributed by atoms with Crippen molar-refractivity contribution in [3.63, 3.8) is 0 Å². The van der Waals surface area contributed by atoms with Crippen LogP contribution in [0.4, 0.5) is 0 Å². The highest BCUT2D eigenvalue weighted by Crippen LogP contribution is 2.38. The molecule has 1 aromatic carbocycles. The summed E-state index contributed by atoms with van der Waals surface area (Å²) in [5.74, 6) is 0. The molecule has 0 bridgehead atoms. The molecule has 0 spiro atoms. The van der Waals surface area contributed by atoms with Crippen molar-refractivity contribution in [3.05, 3.63) is 109 Å². The maximum atomic E-state index is 4.82. The summed E-state index contributed by atoms with van der Waals surface area (Å²) < 4.78 is 0. The van der Waals surface area contributed by atoms with Crippen LogP contribution in [0, 0.1) is 0 Å². The van der Waals surface area contributed by atoms with Crippen molar-refractivity contribution in [2.24, 2.45) is 0 Å². The number of nitrogens with zero attached hydrogens (tertiary/aromatic N) is 8. The van der Waals surface area contributed by atoms with E-state index >= 15 is 0 Å². The molecular formula is C34H26N8S2. The van der Waals surface area contributed by atoms with Crippen molar-refractivity contribution in [3.8, 4) is 65.3 Å². The molecule has 7 rings (SSSR count). The van der Waals surface area contributed by atoms with Crippen LogP contribution in [0.25, 0.3) is 65.3 Å². The summed E-state index contributed by atoms with van der Waals surface area (Å²) in [5.41, 5.74) is 7.78. The van der Waals surface area contributed by atoms with Crippen LogP contribution in [0.15, 0.2) is 103 Å². The molecule has 0 unspecified atom stereocenters. The SMILES string of the molecule is CC(C)(C)c1cc(-c2nnc(-c3cccc(-c4ccccn4)n3)s2)cc(-c2nnc(-c3cccc(-c4ccccn4)n3)s2)c1. The maximum Gasteiger partial charge on any atom is 0.166 e. The molecule has 0 atom stereocenters. The van der Waals surface area contributed by atoms with E-state index in [0.717, 1.165) is 65.3 Å². The fraction of sp³-hybridized carbons (Fsp3) is 0.118. The normalized spacial score (nSPS) is 11.5. The third kappa shape index (κ3) is 5.77. The first-order valence-corrected chi connectivity index (χ1v) is 15.6. The van der Waals surface area contributed by atoms with E-state index in [1.165, 1.54) is 28.2 Å². The van der Waals surface area contributed by atoms with Crippen LogP contribution < -0.4 is 0 Å². The summed E-state index contributed by atoms with van der Waals surface area (Å²) in [6.07, 6.45) is 3.53. The zero-order chi connectivity index (χ0) is 30.1. The van der Waals surface area contributed by atoms with Gasteiger partial charge in [0.2, 0.25) is 0 Å². The predicted octanol–water partition coefficient (Wildman–Crippen LogP) is 8.27. The van der Waals surface area contributed by atoms with Crippen molar-refractivity contribution in [1.82, 2.24) is 40.3 Å². The van der Waals surface area contributed by atoms with Crippen molar-refractivity contribution >= 4 is 22.7 Å². The van der Waals surface area contributed by atoms with Gasteiger partial charge in [-0.2, -0.15) is 0 Å². The van der Waals surface area contributed by atoms with E-state index in [4.69, 9.17) is 9.97 Å². The van der Waals surface area contributed by atoms with Gasteiger partial charge in [-0.05, 0) is 77.7 Å². The van der Waals surface area contributed by atoms with Gasteiger partial charge in [0, 0.05) is 23.5 Å². The third-order valence-electron chi connectivity index (χ3n) is 6.93. The number of pyridine rings is 4. The number of benzene rings is 1. The first-order chi connectivity index (χ1) is 21.4. The van der Waals surface area contributed by atoms with Gasteiger partial charge in [-0.15, -0.1) is 20.4 Å². The molecule has 8 nitrogen and oxygen atoms in total. The molecule has 0 radical (unpaired) electrons. The Morgan fingerprint density at radius 3 is 1.32 bits per heavy atom. The molecule has 6 heterocycles. The minimum Gasteiger partial charge on any atom is -0.255 e. The molecule has 44 heavy (non-hydrogen) atoms. The van der Waals surface area contributed by atoms with E-state index in [9.17, 15) is 0 Å². The first-order valence-electron chi connectivity index (χ1n) is 14.0. The van der Waals surface area contributed by atoms with Gasteiger partial charge in [0.25, 0.3) is 0 Å². The van der Waals surface area contributed by atoms with E-state index in [2.05, 4.69) is 69.3 Å². The van der Waals surface area contributed by atoms with Gasteiger partial charge in [0.15, 0.2) is 10.0 Å². The predicted molar refractivity (Wildman–Crippen MR) is 176 cm³/mol. The van der Waals surface area contributed by atoms with Crippen LogP contribution in [0.2, 0.25) is 0 Å². The van der Waals surface area contributed by atoms with Gasteiger partial charge in [-0.1, -0.05) is 67.7 Å². The molecule has 6 aromatic heterocycles. The Morgan fingerprint density at radius 2 is 0.886 bits per heavy atom. The molecule has 0 saturated heterocycles.